The molecule has 0 radical (unpaired) electrons. The van der Waals surface area contributed by atoms with E-state index in [2.05, 4.69) is 43.3 Å². The summed E-state index contributed by atoms with van der Waals surface area (Å²) in [5, 5.41) is 0. The van der Waals surface area contributed by atoms with Crippen LogP contribution in [0.5, 0.6) is 0 Å². The van der Waals surface area contributed by atoms with E-state index in [0.29, 0.717) is 0 Å². The zero-order valence-corrected chi connectivity index (χ0v) is 22.7. The molecule has 0 aromatic heterocycles. The number of alkyl halides is 1. The van der Waals surface area contributed by atoms with Gasteiger partial charge >= 0.3 is 0 Å². The Bertz CT molecular complexity index is 709. The lowest BCUT2D eigenvalue weighted by Gasteiger charge is -2.41. The van der Waals surface area contributed by atoms with E-state index in [1.165, 1.54) is 101 Å². The molecule has 1 aromatic rings. The van der Waals surface area contributed by atoms with Crippen molar-refractivity contribution in [1.29, 1.82) is 0 Å². The summed E-state index contributed by atoms with van der Waals surface area (Å²) in [6.07, 6.45) is 29.3. The normalized spacial score (nSPS) is 32.2. The number of allylic oxidation sites excluding steroid dienone is 2. The van der Waals surface area contributed by atoms with E-state index >= 15 is 0 Å². The minimum atomic E-state index is -0.166. The fraction of sp³-hybridized carbons (Fsp3) is 0.765. The van der Waals surface area contributed by atoms with Crippen molar-refractivity contribution in [1.82, 2.24) is 0 Å². The van der Waals surface area contributed by atoms with E-state index < -0.39 is 0 Å². The van der Waals surface area contributed by atoms with Crippen LogP contribution in [0, 0.1) is 35.5 Å². The number of hydrogen-bond donors (Lipinski definition) is 0. The highest BCUT2D eigenvalue weighted by molar-refractivity contribution is 5.22. The fourth-order valence-corrected chi connectivity index (χ4v) is 7.96. The predicted octanol–water partition coefficient (Wildman–Crippen LogP) is 10.3. The molecule has 0 unspecified atom stereocenters. The number of aryl methyl sites for hydroxylation is 2. The summed E-state index contributed by atoms with van der Waals surface area (Å²) in [5.41, 5.74) is 2.93. The number of hydrogen-bond acceptors (Lipinski definition) is 0. The summed E-state index contributed by atoms with van der Waals surface area (Å²) in [6.45, 7) is 2.02. The Kier molecular flexibility index (Phi) is 11.2. The molecule has 4 rings (SSSR count). The minimum Gasteiger partial charge on any atom is -0.251 e. The standard InChI is InChI=1S/C34H53F/c1-2-6-27-14-18-31(19-15-27)33-22-24-34(25-23-33)32-20-16-30(17-21-32)13-12-29-10-8-28(9-11-29)7-4-3-5-26-35/h2,6,8-11,27,30-34H,3-5,7,12-26H2,1H3. The molecule has 0 amide bonds. The van der Waals surface area contributed by atoms with E-state index in [4.69, 9.17) is 0 Å². The first kappa shape index (κ1) is 26.9. The first-order chi connectivity index (χ1) is 17.2. The van der Waals surface area contributed by atoms with E-state index in [1.807, 2.05) is 0 Å². The molecule has 196 valence electrons. The Balaban J connectivity index is 1.10. The highest BCUT2D eigenvalue weighted by atomic mass is 19.1. The maximum Gasteiger partial charge on any atom is 0.0894 e. The molecule has 3 aliphatic carbocycles. The van der Waals surface area contributed by atoms with E-state index in [9.17, 15) is 4.39 Å². The van der Waals surface area contributed by atoms with E-state index in [-0.39, 0.29) is 6.67 Å². The van der Waals surface area contributed by atoms with Crippen LogP contribution in [-0.2, 0) is 12.8 Å². The third-order valence-corrected chi connectivity index (χ3v) is 10.3. The predicted molar refractivity (Wildman–Crippen MR) is 149 cm³/mol. The van der Waals surface area contributed by atoms with Gasteiger partial charge in [0.1, 0.15) is 0 Å². The van der Waals surface area contributed by atoms with Gasteiger partial charge < -0.3 is 0 Å². The average Bonchev–Trinajstić information content (AvgIpc) is 2.92. The van der Waals surface area contributed by atoms with Crippen molar-refractivity contribution >= 4 is 0 Å². The van der Waals surface area contributed by atoms with Crippen molar-refractivity contribution in [3.8, 4) is 0 Å². The zero-order chi connectivity index (χ0) is 24.3. The number of halogens is 1. The van der Waals surface area contributed by atoms with Gasteiger partial charge in [-0.1, -0.05) is 55.7 Å². The first-order valence-electron chi connectivity index (χ1n) is 15.5. The van der Waals surface area contributed by atoms with Crippen LogP contribution in [0.2, 0.25) is 0 Å². The topological polar surface area (TPSA) is 0 Å². The molecule has 3 aliphatic rings. The van der Waals surface area contributed by atoms with E-state index in [0.717, 1.165) is 61.2 Å². The maximum absolute atomic E-state index is 12.2. The highest BCUT2D eigenvalue weighted by Gasteiger charge is 2.34. The van der Waals surface area contributed by atoms with Crippen LogP contribution >= 0.6 is 0 Å². The lowest BCUT2D eigenvalue weighted by Crippen LogP contribution is -2.29. The van der Waals surface area contributed by atoms with Crippen LogP contribution < -0.4 is 0 Å². The third kappa shape index (κ3) is 8.46. The molecule has 0 heterocycles. The minimum absolute atomic E-state index is 0.166. The monoisotopic (exact) mass is 480 g/mol. The smallest absolute Gasteiger partial charge is 0.0894 e. The van der Waals surface area contributed by atoms with Crippen LogP contribution in [0.15, 0.2) is 36.4 Å². The van der Waals surface area contributed by atoms with Crippen molar-refractivity contribution in [2.45, 2.75) is 122 Å². The first-order valence-corrected chi connectivity index (χ1v) is 15.5. The molecule has 0 aliphatic heterocycles. The Morgan fingerprint density at radius 2 is 1.11 bits per heavy atom. The van der Waals surface area contributed by atoms with Gasteiger partial charge in [0.25, 0.3) is 0 Å². The quantitative estimate of drug-likeness (QED) is 0.218. The number of rotatable bonds is 11. The van der Waals surface area contributed by atoms with Gasteiger partial charge in [-0.3, -0.25) is 4.39 Å². The molecular weight excluding hydrogens is 427 g/mol. The molecule has 0 bridgehead atoms. The Labute approximate surface area is 216 Å². The van der Waals surface area contributed by atoms with Gasteiger partial charge in [0.15, 0.2) is 0 Å². The summed E-state index contributed by atoms with van der Waals surface area (Å²) in [7, 11) is 0. The van der Waals surface area contributed by atoms with E-state index in [1.54, 1.807) is 0 Å². The van der Waals surface area contributed by atoms with Gasteiger partial charge in [-0.2, -0.15) is 0 Å². The van der Waals surface area contributed by atoms with Gasteiger partial charge in [0.2, 0.25) is 0 Å². The number of benzene rings is 1. The summed E-state index contributed by atoms with van der Waals surface area (Å²) < 4.78 is 12.2. The average molecular weight is 481 g/mol. The Morgan fingerprint density at radius 1 is 0.629 bits per heavy atom. The second-order valence-corrected chi connectivity index (χ2v) is 12.5. The molecule has 3 fully saturated rings. The largest absolute Gasteiger partial charge is 0.251 e. The summed E-state index contributed by atoms with van der Waals surface area (Å²) in [6, 6.07) is 9.32. The van der Waals surface area contributed by atoms with Crippen molar-refractivity contribution in [3.63, 3.8) is 0 Å². The second-order valence-electron chi connectivity index (χ2n) is 12.5. The maximum atomic E-state index is 12.2. The van der Waals surface area contributed by atoms with Gasteiger partial charge in [-0.25, -0.2) is 0 Å². The van der Waals surface area contributed by atoms with Crippen LogP contribution in [0.1, 0.15) is 121 Å². The van der Waals surface area contributed by atoms with Gasteiger partial charge in [-0.05, 0) is 150 Å². The molecule has 35 heavy (non-hydrogen) atoms. The number of unbranched alkanes of at least 4 members (excludes halogenated alkanes) is 2. The van der Waals surface area contributed by atoms with Crippen molar-refractivity contribution < 1.29 is 4.39 Å². The highest BCUT2D eigenvalue weighted by Crippen LogP contribution is 2.46. The van der Waals surface area contributed by atoms with Crippen LogP contribution in [0.3, 0.4) is 0 Å². The van der Waals surface area contributed by atoms with Crippen molar-refractivity contribution in [2.75, 3.05) is 6.67 Å². The SMILES string of the molecule is CC=CC1CCC(C2CCC(C3CCC(CCc4ccc(CCCCCF)cc4)CC3)CC2)CC1. The summed E-state index contributed by atoms with van der Waals surface area (Å²) in [4.78, 5) is 0. The molecular formula is C34H53F. The summed E-state index contributed by atoms with van der Waals surface area (Å²) >= 11 is 0. The molecule has 0 spiro atoms. The van der Waals surface area contributed by atoms with Gasteiger partial charge in [-0.15, -0.1) is 0 Å². The van der Waals surface area contributed by atoms with Crippen LogP contribution in [-0.4, -0.2) is 6.67 Å². The second kappa shape index (κ2) is 14.6. The lowest BCUT2D eigenvalue weighted by molar-refractivity contribution is 0.107. The van der Waals surface area contributed by atoms with Crippen LogP contribution in [0.25, 0.3) is 0 Å². The third-order valence-electron chi connectivity index (χ3n) is 10.3. The lowest BCUT2D eigenvalue weighted by atomic mass is 9.65. The molecule has 0 atom stereocenters. The zero-order valence-electron chi connectivity index (χ0n) is 22.7. The Hall–Kier alpha value is -1.11. The van der Waals surface area contributed by atoms with Crippen LogP contribution in [0.4, 0.5) is 4.39 Å². The van der Waals surface area contributed by atoms with Gasteiger partial charge in [0.05, 0.1) is 6.67 Å². The molecule has 1 heteroatoms. The molecule has 0 N–H and O–H groups in total. The molecule has 0 nitrogen and oxygen atoms in total. The molecule has 1 aromatic carbocycles. The summed E-state index contributed by atoms with van der Waals surface area (Å²) in [5.74, 6) is 6.01. The van der Waals surface area contributed by atoms with Crippen molar-refractivity contribution in [3.05, 3.63) is 47.5 Å². The molecule has 0 saturated heterocycles. The van der Waals surface area contributed by atoms with Gasteiger partial charge in [0, 0.05) is 0 Å². The Morgan fingerprint density at radius 3 is 1.63 bits per heavy atom. The molecule has 3 saturated carbocycles. The van der Waals surface area contributed by atoms with Crippen molar-refractivity contribution in [2.24, 2.45) is 35.5 Å². The fourth-order valence-electron chi connectivity index (χ4n) is 7.96.